The van der Waals surface area contributed by atoms with E-state index in [1.54, 1.807) is 34.8 Å². The summed E-state index contributed by atoms with van der Waals surface area (Å²) in [5.74, 6) is 0.697. The highest BCUT2D eigenvalue weighted by Crippen LogP contribution is 2.11. The predicted octanol–water partition coefficient (Wildman–Crippen LogP) is -2.20. The lowest BCUT2D eigenvalue weighted by molar-refractivity contribution is -0.686. The fraction of sp³-hybridized carbons (Fsp3) is 0.478. The van der Waals surface area contributed by atoms with Crippen molar-refractivity contribution >= 4 is 34.4 Å². The third-order valence-corrected chi connectivity index (χ3v) is 7.74. The second-order valence-electron chi connectivity index (χ2n) is 7.83. The first-order valence-corrected chi connectivity index (χ1v) is 12.4. The van der Waals surface area contributed by atoms with Gasteiger partial charge < -0.3 is 43.3 Å². The number of aromatic nitrogens is 2. The maximum Gasteiger partial charge on any atom is 0.288 e. The molecule has 6 nitrogen and oxygen atoms in total. The Morgan fingerprint density at radius 1 is 0.909 bits per heavy atom. The van der Waals surface area contributed by atoms with E-state index >= 15 is 0 Å². The van der Waals surface area contributed by atoms with Crippen LogP contribution in [0.5, 0.6) is 0 Å². The summed E-state index contributed by atoms with van der Waals surface area (Å²) in [6.45, 7) is 11.0. The van der Waals surface area contributed by atoms with Gasteiger partial charge in [-0.15, -0.1) is 0 Å². The van der Waals surface area contributed by atoms with E-state index in [-0.39, 0.29) is 45.7 Å². The van der Waals surface area contributed by atoms with E-state index in [4.69, 9.17) is 4.42 Å². The summed E-state index contributed by atoms with van der Waals surface area (Å²) in [5.41, 5.74) is 6.37. The van der Waals surface area contributed by atoms with Gasteiger partial charge in [-0.25, -0.2) is 0 Å². The number of piperidine rings is 1. The minimum atomic E-state index is 0. The van der Waals surface area contributed by atoms with Crippen LogP contribution >= 0.6 is 22.7 Å². The molecule has 4 heterocycles. The second kappa shape index (κ2) is 14.1. The van der Waals surface area contributed by atoms with Crippen molar-refractivity contribution in [2.24, 2.45) is 0 Å². The summed E-state index contributed by atoms with van der Waals surface area (Å²) in [4.78, 5) is 28.3. The maximum atomic E-state index is 12.0. The predicted molar refractivity (Wildman–Crippen MR) is 121 cm³/mol. The molecule has 4 rings (SSSR count). The smallest absolute Gasteiger partial charge is 0.288 e. The van der Waals surface area contributed by atoms with Crippen molar-refractivity contribution in [3.05, 3.63) is 56.3 Å². The summed E-state index contributed by atoms with van der Waals surface area (Å²) in [6.07, 6.45) is 5.12. The van der Waals surface area contributed by atoms with E-state index in [1.807, 2.05) is 34.3 Å². The van der Waals surface area contributed by atoms with Crippen LogP contribution in [0.1, 0.15) is 51.0 Å². The molecule has 0 bridgehead atoms. The van der Waals surface area contributed by atoms with Gasteiger partial charge in [0.1, 0.15) is 0 Å². The number of aryl methyl sites for hydroxylation is 2. The Hall–Kier alpha value is -1.36. The zero-order valence-corrected chi connectivity index (χ0v) is 24.3. The highest BCUT2D eigenvalue weighted by molar-refractivity contribution is 7.09. The first kappa shape index (κ1) is 29.7. The van der Waals surface area contributed by atoms with Gasteiger partial charge in [0.2, 0.25) is 24.1 Å². The van der Waals surface area contributed by atoms with Crippen LogP contribution in [0.4, 0.5) is 0 Å². The summed E-state index contributed by atoms with van der Waals surface area (Å²) in [5, 5.41) is 0. The molecule has 33 heavy (non-hydrogen) atoms. The van der Waals surface area contributed by atoms with Gasteiger partial charge in [0.05, 0.1) is 16.0 Å². The van der Waals surface area contributed by atoms with Crippen molar-refractivity contribution in [2.45, 2.75) is 60.0 Å². The molecule has 3 aromatic rings. The molecule has 0 unspecified atom stereocenters. The number of hydrogen-bond acceptors (Lipinski definition) is 5. The Balaban J connectivity index is 0.000000312. The molecule has 0 aliphatic carbocycles. The standard InChI is InChI=1S/C12H19N2OS.C11H12NO2S.2BrH/c1-10-11(2)16-9-14(10)8-12(15)13-6-4-3-5-7-13;1-8-9(2)15-7-12(8)6-10(13)11-4-3-5-14-11;;/h9H,3-8H2,1-2H3;3-5,7H,6H2,1-2H3;2*1H/q2*+1;;/p-2. The number of ketones is 1. The largest absolute Gasteiger partial charge is 1.00 e. The zero-order chi connectivity index (χ0) is 22.4. The summed E-state index contributed by atoms with van der Waals surface area (Å²) in [7, 11) is 0. The Labute approximate surface area is 224 Å². The average molecular weight is 621 g/mol. The number of hydrogen-bond donors (Lipinski definition) is 0. The topological polar surface area (TPSA) is 58.3 Å². The Kier molecular flexibility index (Phi) is 12.7. The van der Waals surface area contributed by atoms with E-state index in [0.717, 1.165) is 31.6 Å². The van der Waals surface area contributed by atoms with E-state index in [0.29, 0.717) is 18.8 Å². The first-order valence-electron chi connectivity index (χ1n) is 10.6. The van der Waals surface area contributed by atoms with Gasteiger partial charge in [0.15, 0.2) is 17.1 Å². The fourth-order valence-corrected chi connectivity index (χ4v) is 5.00. The molecule has 0 aromatic carbocycles. The van der Waals surface area contributed by atoms with Crippen LogP contribution in [0, 0.1) is 27.7 Å². The van der Waals surface area contributed by atoms with Gasteiger partial charge >= 0.3 is 0 Å². The molecular weight excluding hydrogens is 590 g/mol. The molecule has 1 aliphatic heterocycles. The van der Waals surface area contributed by atoms with Crippen LogP contribution in [0.25, 0.3) is 0 Å². The Morgan fingerprint density at radius 3 is 1.91 bits per heavy atom. The number of rotatable bonds is 5. The van der Waals surface area contributed by atoms with Crippen LogP contribution in [-0.2, 0) is 17.9 Å². The molecular formula is C23H31Br2N3O3S2. The van der Waals surface area contributed by atoms with Crippen LogP contribution < -0.4 is 43.1 Å². The number of carbonyl (C=O) groups excluding carboxylic acids is 2. The van der Waals surface area contributed by atoms with Gasteiger partial charge in [0, 0.05) is 26.9 Å². The number of thiazole rings is 2. The van der Waals surface area contributed by atoms with Crippen LogP contribution in [0.2, 0.25) is 0 Å². The van der Waals surface area contributed by atoms with Crippen LogP contribution in [-0.4, -0.2) is 29.7 Å². The van der Waals surface area contributed by atoms with Crippen molar-refractivity contribution in [3.63, 3.8) is 0 Å². The quantitative estimate of drug-likeness (QED) is 0.240. The lowest BCUT2D eigenvalue weighted by Gasteiger charge is -2.25. The van der Waals surface area contributed by atoms with Gasteiger partial charge in [-0.1, -0.05) is 22.7 Å². The number of likely N-dealkylation sites (tertiary alicyclic amines) is 1. The highest BCUT2D eigenvalue weighted by Gasteiger charge is 2.22. The average Bonchev–Trinajstić information content (AvgIpc) is 3.50. The molecule has 182 valence electrons. The van der Waals surface area contributed by atoms with Gasteiger partial charge in [-0.3, -0.25) is 9.59 Å². The second-order valence-corrected chi connectivity index (χ2v) is 9.95. The SMILES string of the molecule is Cc1sc[n+](CC(=O)N2CCCCC2)c1C.Cc1sc[n+](CC(=O)c2ccco2)c1C.[Br-].[Br-]. The number of amides is 1. The molecule has 0 N–H and O–H groups in total. The lowest BCUT2D eigenvalue weighted by atomic mass is 10.1. The molecule has 0 saturated carbocycles. The number of furan rings is 1. The summed E-state index contributed by atoms with van der Waals surface area (Å²) in [6, 6.07) is 3.42. The Bertz CT molecular complexity index is 1030. The minimum Gasteiger partial charge on any atom is -1.00 e. The third-order valence-electron chi connectivity index (χ3n) is 5.72. The molecule has 1 aliphatic rings. The minimum absolute atomic E-state index is 0. The fourth-order valence-electron chi connectivity index (χ4n) is 3.39. The molecule has 1 amide bonds. The summed E-state index contributed by atoms with van der Waals surface area (Å²) >= 11 is 3.36. The molecule has 0 spiro atoms. The molecule has 3 aromatic heterocycles. The lowest BCUT2D eigenvalue weighted by Crippen LogP contribution is -3.00. The van der Waals surface area contributed by atoms with Crippen LogP contribution in [0.15, 0.2) is 33.8 Å². The van der Waals surface area contributed by atoms with E-state index in [2.05, 4.69) is 18.4 Å². The monoisotopic (exact) mass is 619 g/mol. The number of nitrogens with zero attached hydrogens (tertiary/aromatic N) is 3. The Morgan fingerprint density at radius 2 is 1.45 bits per heavy atom. The van der Waals surface area contributed by atoms with Crippen molar-refractivity contribution in [2.75, 3.05) is 13.1 Å². The molecule has 0 radical (unpaired) electrons. The normalized spacial score (nSPS) is 12.8. The first-order chi connectivity index (χ1) is 14.9. The third kappa shape index (κ3) is 8.12. The number of carbonyl (C=O) groups is 2. The van der Waals surface area contributed by atoms with Gasteiger partial charge in [-0.05, 0) is 45.2 Å². The van der Waals surface area contributed by atoms with Crippen molar-refractivity contribution in [3.8, 4) is 0 Å². The van der Waals surface area contributed by atoms with Crippen molar-refractivity contribution in [1.82, 2.24) is 4.90 Å². The van der Waals surface area contributed by atoms with Gasteiger partial charge in [0.25, 0.3) is 11.7 Å². The van der Waals surface area contributed by atoms with E-state index < -0.39 is 0 Å². The van der Waals surface area contributed by atoms with Crippen molar-refractivity contribution < 1.29 is 57.1 Å². The van der Waals surface area contributed by atoms with Crippen molar-refractivity contribution in [1.29, 1.82) is 0 Å². The molecule has 10 heteroatoms. The van der Waals surface area contributed by atoms with E-state index in [9.17, 15) is 9.59 Å². The maximum absolute atomic E-state index is 12.0. The number of halogens is 2. The van der Waals surface area contributed by atoms with Gasteiger partial charge in [-0.2, -0.15) is 9.13 Å². The van der Waals surface area contributed by atoms with E-state index in [1.165, 1.54) is 28.1 Å². The highest BCUT2D eigenvalue weighted by atomic mass is 79.9. The molecule has 1 saturated heterocycles. The molecule has 0 atom stereocenters. The molecule has 1 fully saturated rings. The summed E-state index contributed by atoms with van der Waals surface area (Å²) < 4.78 is 9.07. The van der Waals surface area contributed by atoms with Crippen LogP contribution in [0.3, 0.4) is 0 Å². The number of Topliss-reactive ketones (excluding diaryl/α,β-unsaturated/α-hetero) is 1. The zero-order valence-electron chi connectivity index (χ0n) is 19.5.